The van der Waals surface area contributed by atoms with Gasteiger partial charge in [-0.3, -0.25) is 9.59 Å². The van der Waals surface area contributed by atoms with E-state index in [1.807, 2.05) is 91.9 Å². The molecular weight excluding hydrogens is 514 g/mol. The fourth-order valence-corrected chi connectivity index (χ4v) is 4.52. The Morgan fingerprint density at radius 1 is 0.927 bits per heavy atom. The molecule has 41 heavy (non-hydrogen) atoms. The average Bonchev–Trinajstić information content (AvgIpc) is 2.95. The summed E-state index contributed by atoms with van der Waals surface area (Å²) in [7, 11) is 0. The fraction of sp³-hybridized carbons (Fsp3) is 0.324. The highest BCUT2D eigenvalue weighted by Gasteiger charge is 2.36. The summed E-state index contributed by atoms with van der Waals surface area (Å²) >= 11 is 0. The van der Waals surface area contributed by atoms with Gasteiger partial charge in [0.2, 0.25) is 11.8 Å². The normalized spacial score (nSPS) is 12.5. The molecule has 0 aliphatic carbocycles. The van der Waals surface area contributed by atoms with Gasteiger partial charge in [0, 0.05) is 19.5 Å². The van der Waals surface area contributed by atoms with Crippen LogP contribution in [0.15, 0.2) is 91.5 Å². The highest BCUT2D eigenvalue weighted by molar-refractivity contribution is 5.92. The zero-order chi connectivity index (χ0) is 29.8. The quantitative estimate of drug-likeness (QED) is 0.284. The van der Waals surface area contributed by atoms with Gasteiger partial charge in [-0.05, 0) is 55.5 Å². The number of carbonyl (C=O) groups is 3. The zero-order valence-electron chi connectivity index (χ0n) is 24.4. The molecule has 3 aromatic rings. The topological polar surface area (TPSA) is 87.7 Å². The van der Waals surface area contributed by atoms with Crippen molar-refractivity contribution in [3.05, 3.63) is 114 Å². The van der Waals surface area contributed by atoms with Gasteiger partial charge in [-0.1, -0.05) is 98.4 Å². The molecule has 0 saturated carbocycles. The predicted molar refractivity (Wildman–Crippen MR) is 163 cm³/mol. The Balaban J connectivity index is 2.00. The summed E-state index contributed by atoms with van der Waals surface area (Å²) in [5, 5.41) is 5.80. The molecule has 0 heterocycles. The number of carbonyl (C=O) groups excluding carboxylic acids is 3. The molecule has 0 aromatic heterocycles. The maximum Gasteiger partial charge on any atom is 0.408 e. The molecule has 2 N–H and O–H groups in total. The van der Waals surface area contributed by atoms with Gasteiger partial charge in [0.05, 0.1) is 0 Å². The fourth-order valence-electron chi connectivity index (χ4n) is 4.52. The molecule has 7 nitrogen and oxygen atoms in total. The Labute approximate surface area is 243 Å². The number of nitrogens with zero attached hydrogens (tertiary/aromatic N) is 1. The van der Waals surface area contributed by atoms with Crippen LogP contribution in [0.2, 0.25) is 0 Å². The van der Waals surface area contributed by atoms with Crippen LogP contribution in [0.1, 0.15) is 62.4 Å². The highest BCUT2D eigenvalue weighted by Crippen LogP contribution is 2.25. The number of hydrogen-bond donors (Lipinski definition) is 2. The molecule has 3 amide bonds. The third-order valence-corrected chi connectivity index (χ3v) is 6.35. The van der Waals surface area contributed by atoms with E-state index in [4.69, 9.17) is 4.74 Å². The Morgan fingerprint density at radius 3 is 2.15 bits per heavy atom. The maximum absolute atomic E-state index is 14.3. The monoisotopic (exact) mass is 555 g/mol. The number of benzene rings is 3. The minimum absolute atomic E-state index is 0.240. The first-order chi connectivity index (χ1) is 19.6. The second-order valence-electron chi connectivity index (χ2n) is 10.9. The molecule has 3 rings (SSSR count). The van der Waals surface area contributed by atoms with E-state index in [1.54, 1.807) is 31.7 Å². The number of rotatable bonds is 12. The van der Waals surface area contributed by atoms with Crippen LogP contribution in [-0.4, -0.2) is 41.0 Å². The summed E-state index contributed by atoms with van der Waals surface area (Å²) < 4.78 is 5.50. The van der Waals surface area contributed by atoms with Crippen molar-refractivity contribution in [1.82, 2.24) is 15.5 Å². The molecule has 0 bridgehead atoms. The summed E-state index contributed by atoms with van der Waals surface area (Å²) in [5.74, 6) is -0.682. The van der Waals surface area contributed by atoms with Crippen LogP contribution in [-0.2, 0) is 27.3 Å². The zero-order valence-corrected chi connectivity index (χ0v) is 24.4. The van der Waals surface area contributed by atoms with Crippen LogP contribution in [0, 0.1) is 0 Å². The van der Waals surface area contributed by atoms with Crippen molar-refractivity contribution in [2.75, 3.05) is 6.54 Å². The van der Waals surface area contributed by atoms with Crippen LogP contribution >= 0.6 is 0 Å². The number of amides is 3. The van der Waals surface area contributed by atoms with Crippen LogP contribution in [0.25, 0.3) is 6.08 Å². The number of ether oxygens (including phenoxy) is 1. The van der Waals surface area contributed by atoms with Gasteiger partial charge in [0.15, 0.2) is 0 Å². The molecule has 216 valence electrons. The van der Waals surface area contributed by atoms with Gasteiger partial charge in [-0.25, -0.2) is 4.79 Å². The van der Waals surface area contributed by atoms with E-state index in [0.29, 0.717) is 25.1 Å². The van der Waals surface area contributed by atoms with E-state index in [-0.39, 0.29) is 18.2 Å². The third-order valence-electron chi connectivity index (χ3n) is 6.35. The van der Waals surface area contributed by atoms with E-state index < -0.39 is 23.8 Å². The Hall–Kier alpha value is -4.39. The minimum Gasteiger partial charge on any atom is -0.444 e. The van der Waals surface area contributed by atoms with Crippen molar-refractivity contribution in [3.63, 3.8) is 0 Å². The van der Waals surface area contributed by atoms with E-state index >= 15 is 0 Å². The van der Waals surface area contributed by atoms with Crippen LogP contribution in [0.3, 0.4) is 0 Å². The first-order valence-electron chi connectivity index (χ1n) is 14.0. The first-order valence-corrected chi connectivity index (χ1v) is 14.0. The van der Waals surface area contributed by atoms with Gasteiger partial charge in [0.1, 0.15) is 17.7 Å². The summed E-state index contributed by atoms with van der Waals surface area (Å²) in [4.78, 5) is 42.7. The third kappa shape index (κ3) is 9.64. The Bertz CT molecular complexity index is 1300. The molecule has 0 saturated heterocycles. The summed E-state index contributed by atoms with van der Waals surface area (Å²) in [6, 6.07) is 24.6. The summed E-state index contributed by atoms with van der Waals surface area (Å²) in [6.45, 7) is 11.7. The highest BCUT2D eigenvalue weighted by atomic mass is 16.6. The Morgan fingerprint density at radius 2 is 1.56 bits per heavy atom. The molecule has 0 aliphatic heterocycles. The van der Waals surface area contributed by atoms with Gasteiger partial charge < -0.3 is 20.3 Å². The van der Waals surface area contributed by atoms with Crippen molar-refractivity contribution < 1.29 is 19.1 Å². The molecule has 2 unspecified atom stereocenters. The number of nitrogens with one attached hydrogen (secondary N) is 2. The van der Waals surface area contributed by atoms with Crippen molar-refractivity contribution >= 4 is 24.0 Å². The van der Waals surface area contributed by atoms with Crippen molar-refractivity contribution in [2.24, 2.45) is 0 Å². The first kappa shape index (κ1) is 31.1. The standard InChI is InChI=1S/C34H41N3O4/c1-6-21-37(32(39)29(23-26-15-10-8-11-16-26)36-33(40)41-34(3,4)5)30(28-20-14-19-25(7-2)22-28)31(38)35-24-27-17-12-9-13-18-27/h7-20,22,29-30H,2,6,21,23-24H2,1,3-5H3,(H,35,38)(H,36,40). The van der Waals surface area contributed by atoms with Gasteiger partial charge in [-0.2, -0.15) is 0 Å². The SMILES string of the molecule is C=Cc1cccc(C(C(=O)NCc2ccccc2)N(CCC)C(=O)C(Cc2ccccc2)NC(=O)OC(C)(C)C)c1. The molecular formula is C34H41N3O4. The van der Waals surface area contributed by atoms with Crippen molar-refractivity contribution in [3.8, 4) is 0 Å². The molecule has 0 fully saturated rings. The lowest BCUT2D eigenvalue weighted by atomic mass is 9.98. The Kier molecular flexibility index (Phi) is 11.3. The van der Waals surface area contributed by atoms with E-state index in [9.17, 15) is 14.4 Å². The summed E-state index contributed by atoms with van der Waals surface area (Å²) in [5.41, 5.74) is 2.57. The number of hydrogen-bond acceptors (Lipinski definition) is 4. The van der Waals surface area contributed by atoms with Gasteiger partial charge in [-0.15, -0.1) is 0 Å². The van der Waals surface area contributed by atoms with Crippen LogP contribution in [0.4, 0.5) is 4.79 Å². The minimum atomic E-state index is -0.953. The lowest BCUT2D eigenvalue weighted by Crippen LogP contribution is -2.54. The van der Waals surface area contributed by atoms with E-state index in [1.165, 1.54) is 0 Å². The van der Waals surface area contributed by atoms with Gasteiger partial charge in [0.25, 0.3) is 0 Å². The van der Waals surface area contributed by atoms with Crippen molar-refractivity contribution in [2.45, 2.75) is 64.8 Å². The predicted octanol–water partition coefficient (Wildman–Crippen LogP) is 6.06. The van der Waals surface area contributed by atoms with Gasteiger partial charge >= 0.3 is 6.09 Å². The van der Waals surface area contributed by atoms with E-state index in [2.05, 4.69) is 17.2 Å². The van der Waals surface area contributed by atoms with E-state index in [0.717, 1.165) is 16.7 Å². The summed E-state index contributed by atoms with van der Waals surface area (Å²) in [6.07, 6.45) is 1.86. The van der Waals surface area contributed by atoms with Crippen LogP contribution < -0.4 is 10.6 Å². The lowest BCUT2D eigenvalue weighted by molar-refractivity contribution is -0.142. The lowest BCUT2D eigenvalue weighted by Gasteiger charge is -2.34. The second kappa shape index (κ2) is 14.8. The van der Waals surface area contributed by atoms with Crippen molar-refractivity contribution in [1.29, 1.82) is 0 Å². The second-order valence-corrected chi connectivity index (χ2v) is 10.9. The average molecular weight is 556 g/mol. The molecule has 0 radical (unpaired) electrons. The smallest absolute Gasteiger partial charge is 0.408 e. The number of alkyl carbamates (subject to hydrolysis) is 1. The molecule has 2 atom stereocenters. The molecule has 7 heteroatoms. The van der Waals surface area contributed by atoms with Crippen LogP contribution in [0.5, 0.6) is 0 Å². The molecule has 3 aromatic carbocycles. The molecule has 0 spiro atoms. The molecule has 0 aliphatic rings. The largest absolute Gasteiger partial charge is 0.444 e. The maximum atomic E-state index is 14.3.